The molecule has 2 rings (SSSR count). The first-order valence-electron chi connectivity index (χ1n) is 6.53. The Balaban J connectivity index is 2.07. The second-order valence-corrected chi connectivity index (χ2v) is 5.65. The molecule has 1 saturated heterocycles. The quantitative estimate of drug-likeness (QED) is 0.893. The van der Waals surface area contributed by atoms with Crippen LogP contribution in [0.1, 0.15) is 38.9 Å². The van der Waals surface area contributed by atoms with Crippen molar-refractivity contribution in [3.8, 4) is 0 Å². The highest BCUT2D eigenvalue weighted by Crippen LogP contribution is 2.28. The second kappa shape index (κ2) is 5.78. The lowest BCUT2D eigenvalue weighted by Gasteiger charge is -2.37. The average molecular weight is 254 g/mol. The number of nitrogens with two attached hydrogens (primary N) is 1. The molecule has 96 valence electrons. The third kappa shape index (κ3) is 2.96. The molecular formula is C12H22N4S. The molecule has 0 bridgehead atoms. The van der Waals surface area contributed by atoms with Gasteiger partial charge in [-0.25, -0.2) is 4.98 Å². The van der Waals surface area contributed by atoms with Crippen LogP contribution in [0.15, 0.2) is 0 Å². The fourth-order valence-corrected chi connectivity index (χ4v) is 3.15. The van der Waals surface area contributed by atoms with E-state index in [-0.39, 0.29) is 0 Å². The summed E-state index contributed by atoms with van der Waals surface area (Å²) < 4.78 is 4.42. The summed E-state index contributed by atoms with van der Waals surface area (Å²) in [5, 5.41) is 1.08. The minimum atomic E-state index is 0.570. The zero-order chi connectivity index (χ0) is 12.3. The van der Waals surface area contributed by atoms with Gasteiger partial charge in [-0.3, -0.25) is 0 Å². The summed E-state index contributed by atoms with van der Waals surface area (Å²) in [5.41, 5.74) is 5.78. The van der Waals surface area contributed by atoms with Gasteiger partial charge in [0.05, 0.1) is 0 Å². The molecular weight excluding hydrogens is 232 g/mol. The lowest BCUT2D eigenvalue weighted by Crippen LogP contribution is -2.43. The van der Waals surface area contributed by atoms with E-state index >= 15 is 0 Å². The summed E-state index contributed by atoms with van der Waals surface area (Å²) >= 11 is 1.54. The maximum Gasteiger partial charge on any atom is 0.205 e. The average Bonchev–Trinajstić information content (AvgIpc) is 2.79. The number of nitrogens with zero attached hydrogens (tertiary/aromatic N) is 3. The van der Waals surface area contributed by atoms with Crippen LogP contribution < -0.4 is 10.6 Å². The zero-order valence-corrected chi connectivity index (χ0v) is 11.5. The number of aryl methyl sites for hydroxylation is 1. The largest absolute Gasteiger partial charge is 0.344 e. The van der Waals surface area contributed by atoms with E-state index in [0.717, 1.165) is 36.9 Å². The van der Waals surface area contributed by atoms with Crippen molar-refractivity contribution < 1.29 is 0 Å². The molecule has 5 heteroatoms. The minimum Gasteiger partial charge on any atom is -0.344 e. The number of hydrogen-bond acceptors (Lipinski definition) is 5. The van der Waals surface area contributed by atoms with Crippen LogP contribution in [0.3, 0.4) is 0 Å². The van der Waals surface area contributed by atoms with Crippen molar-refractivity contribution in [3.05, 3.63) is 5.82 Å². The summed E-state index contributed by atoms with van der Waals surface area (Å²) in [4.78, 5) is 7.02. The van der Waals surface area contributed by atoms with E-state index in [2.05, 4.69) is 28.1 Å². The van der Waals surface area contributed by atoms with E-state index < -0.39 is 0 Å². The van der Waals surface area contributed by atoms with Crippen molar-refractivity contribution in [2.45, 2.75) is 45.6 Å². The SMILES string of the molecule is CCCc1nsc(N2CC(CN)CCC2C)n1. The van der Waals surface area contributed by atoms with Crippen molar-refractivity contribution in [1.29, 1.82) is 0 Å². The third-order valence-corrected chi connectivity index (χ3v) is 4.28. The first-order chi connectivity index (χ1) is 8.24. The van der Waals surface area contributed by atoms with Crippen LogP contribution in [0.5, 0.6) is 0 Å². The summed E-state index contributed by atoms with van der Waals surface area (Å²) in [6, 6.07) is 0.570. The zero-order valence-electron chi connectivity index (χ0n) is 10.7. The van der Waals surface area contributed by atoms with Gasteiger partial charge in [0.15, 0.2) is 0 Å². The van der Waals surface area contributed by atoms with Gasteiger partial charge in [-0.05, 0) is 38.6 Å². The number of hydrogen-bond donors (Lipinski definition) is 1. The van der Waals surface area contributed by atoms with Crippen molar-refractivity contribution in [3.63, 3.8) is 0 Å². The van der Waals surface area contributed by atoms with Crippen LogP contribution in [0.2, 0.25) is 0 Å². The summed E-state index contributed by atoms with van der Waals surface area (Å²) in [6.07, 6.45) is 4.55. The van der Waals surface area contributed by atoms with Gasteiger partial charge in [-0.2, -0.15) is 4.37 Å². The Labute approximate surface area is 107 Å². The van der Waals surface area contributed by atoms with Crippen LogP contribution in [0.4, 0.5) is 5.13 Å². The van der Waals surface area contributed by atoms with E-state index in [4.69, 9.17) is 5.73 Å². The molecule has 4 nitrogen and oxygen atoms in total. The first-order valence-corrected chi connectivity index (χ1v) is 7.31. The predicted octanol–water partition coefficient (Wildman–Crippen LogP) is 2.05. The van der Waals surface area contributed by atoms with Gasteiger partial charge in [-0.15, -0.1) is 0 Å². The highest BCUT2D eigenvalue weighted by atomic mass is 32.1. The van der Waals surface area contributed by atoms with Crippen LogP contribution in [0.25, 0.3) is 0 Å². The molecule has 0 aromatic carbocycles. The van der Waals surface area contributed by atoms with Crippen molar-refractivity contribution in [2.24, 2.45) is 11.7 Å². The number of piperidine rings is 1. The van der Waals surface area contributed by atoms with Gasteiger partial charge in [0.1, 0.15) is 5.82 Å². The topological polar surface area (TPSA) is 55.0 Å². The van der Waals surface area contributed by atoms with Gasteiger partial charge in [0.2, 0.25) is 5.13 Å². The van der Waals surface area contributed by atoms with E-state index in [1.165, 1.54) is 24.4 Å². The Morgan fingerprint density at radius 1 is 1.47 bits per heavy atom. The number of aromatic nitrogens is 2. The fourth-order valence-electron chi connectivity index (χ4n) is 2.33. The number of anilines is 1. The van der Waals surface area contributed by atoms with E-state index in [9.17, 15) is 0 Å². The van der Waals surface area contributed by atoms with E-state index in [0.29, 0.717) is 12.0 Å². The standard InChI is InChI=1S/C12H22N4S/c1-3-4-11-14-12(17-15-11)16-8-10(7-13)6-5-9(16)2/h9-10H,3-8,13H2,1-2H3. The van der Waals surface area contributed by atoms with Crippen LogP contribution in [-0.4, -0.2) is 28.5 Å². The smallest absolute Gasteiger partial charge is 0.205 e. The molecule has 0 amide bonds. The molecule has 0 aliphatic carbocycles. The van der Waals surface area contributed by atoms with Crippen LogP contribution >= 0.6 is 11.5 Å². The maximum atomic E-state index is 5.78. The van der Waals surface area contributed by atoms with Gasteiger partial charge in [0.25, 0.3) is 0 Å². The molecule has 0 saturated carbocycles. The molecule has 2 unspecified atom stereocenters. The second-order valence-electron chi connectivity index (χ2n) is 4.92. The molecule has 17 heavy (non-hydrogen) atoms. The Morgan fingerprint density at radius 3 is 3.00 bits per heavy atom. The van der Waals surface area contributed by atoms with Crippen LogP contribution in [-0.2, 0) is 6.42 Å². The highest BCUT2D eigenvalue weighted by Gasteiger charge is 2.26. The molecule has 2 heterocycles. The predicted molar refractivity (Wildman–Crippen MR) is 72.5 cm³/mol. The Bertz CT molecular complexity index is 352. The van der Waals surface area contributed by atoms with Crippen molar-refractivity contribution in [2.75, 3.05) is 18.0 Å². The summed E-state index contributed by atoms with van der Waals surface area (Å²) in [5.74, 6) is 1.61. The lowest BCUT2D eigenvalue weighted by molar-refractivity contribution is 0.373. The monoisotopic (exact) mass is 254 g/mol. The van der Waals surface area contributed by atoms with E-state index in [1.807, 2.05) is 0 Å². The molecule has 2 atom stereocenters. The van der Waals surface area contributed by atoms with Gasteiger partial charge in [0, 0.05) is 30.5 Å². The summed E-state index contributed by atoms with van der Waals surface area (Å²) in [7, 11) is 0. The fraction of sp³-hybridized carbons (Fsp3) is 0.833. The molecule has 1 fully saturated rings. The third-order valence-electron chi connectivity index (χ3n) is 3.49. The summed E-state index contributed by atoms with van der Waals surface area (Å²) in [6.45, 7) is 6.25. The minimum absolute atomic E-state index is 0.570. The molecule has 1 aliphatic heterocycles. The number of rotatable bonds is 4. The molecule has 2 N–H and O–H groups in total. The maximum absolute atomic E-state index is 5.78. The first kappa shape index (κ1) is 12.8. The Kier molecular flexibility index (Phi) is 4.34. The molecule has 1 aromatic rings. The molecule has 1 aromatic heterocycles. The Morgan fingerprint density at radius 2 is 2.29 bits per heavy atom. The van der Waals surface area contributed by atoms with Gasteiger partial charge in [-0.1, -0.05) is 6.92 Å². The highest BCUT2D eigenvalue weighted by molar-refractivity contribution is 7.09. The van der Waals surface area contributed by atoms with Crippen molar-refractivity contribution >= 4 is 16.7 Å². The normalized spacial score (nSPS) is 25.2. The molecule has 0 radical (unpaired) electrons. The van der Waals surface area contributed by atoms with Crippen molar-refractivity contribution in [1.82, 2.24) is 9.36 Å². The Hall–Kier alpha value is -0.680. The van der Waals surface area contributed by atoms with Gasteiger partial charge < -0.3 is 10.6 Å². The van der Waals surface area contributed by atoms with E-state index in [1.54, 1.807) is 0 Å². The molecule has 0 spiro atoms. The lowest BCUT2D eigenvalue weighted by atomic mass is 9.94. The van der Waals surface area contributed by atoms with Crippen LogP contribution in [0, 0.1) is 5.92 Å². The van der Waals surface area contributed by atoms with Gasteiger partial charge >= 0.3 is 0 Å². The molecule has 1 aliphatic rings.